The second kappa shape index (κ2) is 15.5. The van der Waals surface area contributed by atoms with Crippen LogP contribution in [0.3, 0.4) is 0 Å². The van der Waals surface area contributed by atoms with Gasteiger partial charge in [-0.15, -0.1) is 0 Å². The van der Waals surface area contributed by atoms with Gasteiger partial charge in [0.15, 0.2) is 0 Å². The van der Waals surface area contributed by atoms with Gasteiger partial charge in [0.2, 0.25) is 0 Å². The van der Waals surface area contributed by atoms with E-state index < -0.39 is 0 Å². The highest BCUT2D eigenvalue weighted by Crippen LogP contribution is 2.20. The van der Waals surface area contributed by atoms with Gasteiger partial charge in [-0.2, -0.15) is 0 Å². The van der Waals surface area contributed by atoms with E-state index in [1.807, 2.05) is 6.08 Å². The number of carbonyl (C=O) groups excluding carboxylic acids is 1. The van der Waals surface area contributed by atoms with E-state index in [0.29, 0.717) is 6.42 Å². The molecule has 1 aliphatic heterocycles. The van der Waals surface area contributed by atoms with Gasteiger partial charge in [0.05, 0.1) is 0 Å². The second-order valence-corrected chi connectivity index (χ2v) is 7.74. The Morgan fingerprint density at radius 3 is 2.00 bits per heavy atom. The minimum atomic E-state index is 0.00655. The van der Waals surface area contributed by atoms with E-state index in [1.165, 1.54) is 75.3 Å². The van der Waals surface area contributed by atoms with Crippen LogP contribution < -0.4 is 0 Å². The Kier molecular flexibility index (Phi) is 13.5. The first-order chi connectivity index (χ1) is 13.2. The second-order valence-electron chi connectivity index (χ2n) is 7.74. The predicted molar refractivity (Wildman–Crippen MR) is 117 cm³/mol. The van der Waals surface area contributed by atoms with Crippen LogP contribution in [0.25, 0.3) is 6.08 Å². The van der Waals surface area contributed by atoms with E-state index in [1.54, 1.807) is 0 Å². The average molecular weight is 373 g/mol. The van der Waals surface area contributed by atoms with Crippen LogP contribution in [-0.4, -0.2) is 12.1 Å². The number of unbranched alkanes of at least 4 members (excludes halogenated alkanes) is 9. The molecule has 2 rings (SSSR count). The Morgan fingerprint density at radius 2 is 1.52 bits per heavy atom. The number of carbonyl (C=O) groups is 1. The van der Waals surface area contributed by atoms with E-state index in [2.05, 4.69) is 44.7 Å². The zero-order valence-corrected chi connectivity index (χ0v) is 17.7. The Labute approximate surface area is 167 Å². The topological polar surface area (TPSA) is 26.3 Å². The molecule has 0 N–H and O–H groups in total. The highest BCUT2D eigenvalue weighted by Gasteiger charge is 2.22. The summed E-state index contributed by atoms with van der Waals surface area (Å²) in [6, 6.07) is 8.28. The zero-order valence-electron chi connectivity index (χ0n) is 17.7. The molecule has 0 radical (unpaired) electrons. The molecule has 0 saturated carbocycles. The molecular weight excluding hydrogens is 332 g/mol. The first kappa shape index (κ1) is 23.5. The van der Waals surface area contributed by atoms with Crippen LogP contribution in [0, 0.1) is 6.92 Å². The lowest BCUT2D eigenvalue weighted by atomic mass is 10.0. The molecule has 1 aromatic rings. The van der Waals surface area contributed by atoms with E-state index >= 15 is 0 Å². The largest absolute Gasteiger partial charge is 0.462 e. The number of cyclic esters (lactones) is 1. The summed E-state index contributed by atoms with van der Waals surface area (Å²) < 4.78 is 5.20. The maximum atomic E-state index is 10.9. The van der Waals surface area contributed by atoms with Crippen molar-refractivity contribution in [2.75, 3.05) is 0 Å². The lowest BCUT2D eigenvalue weighted by Gasteiger charge is -2.08. The minimum absolute atomic E-state index is 0.00655. The molecule has 0 spiro atoms. The summed E-state index contributed by atoms with van der Waals surface area (Å²) >= 11 is 0. The summed E-state index contributed by atoms with van der Waals surface area (Å²) in [6.45, 7) is 8.00. The van der Waals surface area contributed by atoms with Gasteiger partial charge in [0.25, 0.3) is 0 Å². The van der Waals surface area contributed by atoms with Crippen LogP contribution in [0.15, 0.2) is 30.8 Å². The lowest BCUT2D eigenvalue weighted by molar-refractivity contribution is -0.141. The van der Waals surface area contributed by atoms with Crippen LogP contribution >= 0.6 is 0 Å². The summed E-state index contributed by atoms with van der Waals surface area (Å²) in [5, 5.41) is 0. The van der Waals surface area contributed by atoms with Crippen LogP contribution in [0.4, 0.5) is 0 Å². The lowest BCUT2D eigenvalue weighted by Crippen LogP contribution is -2.06. The number of esters is 1. The van der Waals surface area contributed by atoms with Gasteiger partial charge >= 0.3 is 5.97 Å². The number of hydrogen-bond donors (Lipinski definition) is 0. The number of ether oxygens (including phenoxy) is 1. The fourth-order valence-corrected chi connectivity index (χ4v) is 3.35. The SMILES string of the molecule is C=Cc1ccc(C)cc1.CCCCCCCCCCCCC1CCC(=O)O1. The van der Waals surface area contributed by atoms with Crippen molar-refractivity contribution in [3.05, 3.63) is 42.0 Å². The van der Waals surface area contributed by atoms with Gasteiger partial charge < -0.3 is 4.74 Å². The summed E-state index contributed by atoms with van der Waals surface area (Å²) in [6.07, 6.45) is 18.5. The summed E-state index contributed by atoms with van der Waals surface area (Å²) in [5.74, 6) is 0.00655. The van der Waals surface area contributed by atoms with E-state index in [-0.39, 0.29) is 12.1 Å². The van der Waals surface area contributed by atoms with Gasteiger partial charge in [-0.3, -0.25) is 4.79 Å². The molecule has 1 atom stereocenters. The van der Waals surface area contributed by atoms with Crippen molar-refractivity contribution in [3.63, 3.8) is 0 Å². The fraction of sp³-hybridized carbons (Fsp3) is 0.640. The molecule has 27 heavy (non-hydrogen) atoms. The quantitative estimate of drug-likeness (QED) is 0.278. The average Bonchev–Trinajstić information content (AvgIpc) is 3.09. The Morgan fingerprint density at radius 1 is 0.963 bits per heavy atom. The molecule has 2 nitrogen and oxygen atoms in total. The Hall–Kier alpha value is -1.57. The van der Waals surface area contributed by atoms with Crippen molar-refractivity contribution in [1.82, 2.24) is 0 Å². The third-order valence-corrected chi connectivity index (χ3v) is 5.16. The van der Waals surface area contributed by atoms with Crippen molar-refractivity contribution in [2.45, 2.75) is 103 Å². The van der Waals surface area contributed by atoms with Crippen molar-refractivity contribution < 1.29 is 9.53 Å². The third kappa shape index (κ3) is 12.4. The fourth-order valence-electron chi connectivity index (χ4n) is 3.35. The number of hydrogen-bond acceptors (Lipinski definition) is 2. The van der Waals surface area contributed by atoms with Crippen LogP contribution in [-0.2, 0) is 9.53 Å². The molecule has 1 saturated heterocycles. The molecule has 1 aliphatic rings. The normalized spacial score (nSPS) is 15.8. The molecule has 1 fully saturated rings. The highest BCUT2D eigenvalue weighted by atomic mass is 16.5. The molecule has 0 amide bonds. The zero-order chi connectivity index (χ0) is 19.7. The van der Waals surface area contributed by atoms with Crippen molar-refractivity contribution >= 4 is 12.0 Å². The summed E-state index contributed by atoms with van der Waals surface area (Å²) in [7, 11) is 0. The van der Waals surface area contributed by atoms with Gasteiger partial charge in [-0.25, -0.2) is 0 Å². The molecule has 2 heteroatoms. The van der Waals surface area contributed by atoms with Gasteiger partial charge in [0.1, 0.15) is 6.10 Å². The van der Waals surface area contributed by atoms with E-state index in [0.717, 1.165) is 12.8 Å². The van der Waals surface area contributed by atoms with Crippen molar-refractivity contribution in [3.8, 4) is 0 Å². The van der Waals surface area contributed by atoms with Gasteiger partial charge in [-0.05, 0) is 31.7 Å². The first-order valence-corrected chi connectivity index (χ1v) is 11.0. The predicted octanol–water partition coefficient (Wildman–Crippen LogP) is 7.64. The maximum absolute atomic E-state index is 10.9. The number of benzene rings is 1. The van der Waals surface area contributed by atoms with Crippen molar-refractivity contribution in [2.24, 2.45) is 0 Å². The van der Waals surface area contributed by atoms with E-state index in [9.17, 15) is 4.79 Å². The summed E-state index contributed by atoms with van der Waals surface area (Å²) in [5.41, 5.74) is 2.47. The van der Waals surface area contributed by atoms with E-state index in [4.69, 9.17) is 4.74 Å². The first-order valence-electron chi connectivity index (χ1n) is 11.0. The van der Waals surface area contributed by atoms with Crippen LogP contribution in [0.2, 0.25) is 0 Å². The molecule has 1 aromatic carbocycles. The molecule has 1 unspecified atom stereocenters. The molecule has 1 heterocycles. The van der Waals surface area contributed by atoms with Crippen LogP contribution in [0.1, 0.15) is 102 Å². The Balaban J connectivity index is 0.000000337. The molecule has 0 aliphatic carbocycles. The molecule has 0 bridgehead atoms. The molecule has 152 valence electrons. The Bertz CT molecular complexity index is 504. The van der Waals surface area contributed by atoms with Gasteiger partial charge in [-0.1, -0.05) is 107 Å². The molecular formula is C25H40O2. The number of aryl methyl sites for hydroxylation is 1. The van der Waals surface area contributed by atoms with Crippen molar-refractivity contribution in [1.29, 1.82) is 0 Å². The molecule has 0 aromatic heterocycles. The number of rotatable bonds is 12. The third-order valence-electron chi connectivity index (χ3n) is 5.16. The standard InChI is InChI=1S/C16H30O2.C9H10/c1-2-3-4-5-6-7-8-9-10-11-12-15-13-14-16(17)18-15;1-3-9-6-4-8(2)5-7-9/h15H,2-14H2,1H3;3-7H,1H2,2H3. The van der Waals surface area contributed by atoms with Crippen LogP contribution in [0.5, 0.6) is 0 Å². The maximum Gasteiger partial charge on any atom is 0.306 e. The monoisotopic (exact) mass is 372 g/mol. The minimum Gasteiger partial charge on any atom is -0.462 e. The smallest absolute Gasteiger partial charge is 0.306 e. The summed E-state index contributed by atoms with van der Waals surface area (Å²) in [4.78, 5) is 10.9. The highest BCUT2D eigenvalue weighted by molar-refractivity contribution is 5.71. The van der Waals surface area contributed by atoms with Gasteiger partial charge in [0, 0.05) is 6.42 Å².